The first kappa shape index (κ1) is 14.0. The maximum atomic E-state index is 13.1. The molecule has 110 valence electrons. The van der Waals surface area contributed by atoms with Crippen LogP contribution in [-0.4, -0.2) is 41.5 Å². The molecular weight excluding hydrogens is 251 g/mol. The van der Waals surface area contributed by atoms with E-state index in [1.54, 1.807) is 12.1 Å². The van der Waals surface area contributed by atoms with E-state index in [9.17, 15) is 4.39 Å². The topological polar surface area (TPSA) is 6.48 Å². The lowest BCUT2D eigenvalue weighted by atomic mass is 9.99. The third-order valence-electron chi connectivity index (χ3n) is 5.16. The van der Waals surface area contributed by atoms with Crippen molar-refractivity contribution in [2.24, 2.45) is 0 Å². The lowest BCUT2D eigenvalue weighted by Gasteiger charge is -2.46. The van der Waals surface area contributed by atoms with Gasteiger partial charge in [0, 0.05) is 31.2 Å². The SMILES string of the molecule is CCC1CN2CCCC2CN1C(C)c1ccc(F)cc1. The van der Waals surface area contributed by atoms with E-state index >= 15 is 0 Å². The Morgan fingerprint density at radius 1 is 1.25 bits per heavy atom. The molecule has 0 bridgehead atoms. The van der Waals surface area contributed by atoms with Gasteiger partial charge < -0.3 is 0 Å². The highest BCUT2D eigenvalue weighted by atomic mass is 19.1. The molecule has 3 heteroatoms. The van der Waals surface area contributed by atoms with Gasteiger partial charge in [-0.15, -0.1) is 0 Å². The maximum Gasteiger partial charge on any atom is 0.123 e. The molecule has 0 radical (unpaired) electrons. The van der Waals surface area contributed by atoms with Gasteiger partial charge in [-0.05, 0) is 50.4 Å². The first-order valence-corrected chi connectivity index (χ1v) is 7.94. The number of halogens is 1. The van der Waals surface area contributed by atoms with Crippen LogP contribution in [0.2, 0.25) is 0 Å². The summed E-state index contributed by atoms with van der Waals surface area (Å²) < 4.78 is 13.1. The number of fused-ring (bicyclic) bond motifs is 1. The minimum absolute atomic E-state index is 0.145. The Labute approximate surface area is 121 Å². The molecule has 0 aliphatic carbocycles. The van der Waals surface area contributed by atoms with Crippen molar-refractivity contribution in [3.63, 3.8) is 0 Å². The molecule has 2 fully saturated rings. The van der Waals surface area contributed by atoms with E-state index in [0.29, 0.717) is 12.1 Å². The number of hydrogen-bond donors (Lipinski definition) is 0. The highest BCUT2D eigenvalue weighted by Gasteiger charge is 2.37. The fraction of sp³-hybridized carbons (Fsp3) is 0.647. The fourth-order valence-corrected chi connectivity index (χ4v) is 3.88. The van der Waals surface area contributed by atoms with Crippen molar-refractivity contribution in [1.29, 1.82) is 0 Å². The molecule has 0 aromatic heterocycles. The van der Waals surface area contributed by atoms with Crippen LogP contribution in [-0.2, 0) is 0 Å². The van der Waals surface area contributed by atoms with Crippen LogP contribution in [0.15, 0.2) is 24.3 Å². The van der Waals surface area contributed by atoms with E-state index in [4.69, 9.17) is 0 Å². The summed E-state index contributed by atoms with van der Waals surface area (Å²) >= 11 is 0. The summed E-state index contributed by atoms with van der Waals surface area (Å²) in [5.41, 5.74) is 1.23. The van der Waals surface area contributed by atoms with Gasteiger partial charge in [0.2, 0.25) is 0 Å². The summed E-state index contributed by atoms with van der Waals surface area (Å²) in [6, 6.07) is 8.78. The molecular formula is C17H25FN2. The second-order valence-electron chi connectivity index (χ2n) is 6.28. The summed E-state index contributed by atoms with van der Waals surface area (Å²) in [7, 11) is 0. The minimum Gasteiger partial charge on any atom is -0.298 e. The van der Waals surface area contributed by atoms with E-state index in [2.05, 4.69) is 23.6 Å². The summed E-state index contributed by atoms with van der Waals surface area (Å²) in [5.74, 6) is -0.145. The third kappa shape index (κ3) is 2.61. The van der Waals surface area contributed by atoms with Crippen LogP contribution in [0.25, 0.3) is 0 Å². The quantitative estimate of drug-likeness (QED) is 0.834. The van der Waals surface area contributed by atoms with Gasteiger partial charge in [-0.3, -0.25) is 9.80 Å². The van der Waals surface area contributed by atoms with Crippen LogP contribution in [0.5, 0.6) is 0 Å². The Hall–Kier alpha value is -0.930. The zero-order chi connectivity index (χ0) is 14.1. The molecule has 2 heterocycles. The number of rotatable bonds is 3. The molecule has 2 nitrogen and oxygen atoms in total. The lowest BCUT2D eigenvalue weighted by Crippen LogP contribution is -2.56. The largest absolute Gasteiger partial charge is 0.298 e. The predicted molar refractivity (Wildman–Crippen MR) is 80.2 cm³/mol. The van der Waals surface area contributed by atoms with Crippen molar-refractivity contribution in [1.82, 2.24) is 9.80 Å². The van der Waals surface area contributed by atoms with Crippen molar-refractivity contribution >= 4 is 0 Å². The Balaban J connectivity index is 1.77. The van der Waals surface area contributed by atoms with Crippen molar-refractivity contribution in [3.8, 4) is 0 Å². The average molecular weight is 276 g/mol. The molecule has 1 aromatic carbocycles. The molecule has 0 spiro atoms. The van der Waals surface area contributed by atoms with Crippen LogP contribution in [0.1, 0.15) is 44.7 Å². The molecule has 2 saturated heterocycles. The Kier molecular flexibility index (Phi) is 4.08. The van der Waals surface area contributed by atoms with Crippen molar-refractivity contribution in [3.05, 3.63) is 35.6 Å². The van der Waals surface area contributed by atoms with Crippen LogP contribution in [0.3, 0.4) is 0 Å². The highest BCUT2D eigenvalue weighted by molar-refractivity contribution is 5.20. The lowest BCUT2D eigenvalue weighted by molar-refractivity contribution is 0.0227. The molecule has 1 aromatic rings. The standard InChI is InChI=1S/C17H25FN2/c1-3-16-11-19-10-4-5-17(19)12-20(16)13(2)14-6-8-15(18)9-7-14/h6-9,13,16-17H,3-5,10-12H2,1-2H3. The van der Waals surface area contributed by atoms with Gasteiger partial charge in [-0.25, -0.2) is 4.39 Å². The van der Waals surface area contributed by atoms with Gasteiger partial charge in [-0.2, -0.15) is 0 Å². The van der Waals surface area contributed by atoms with Gasteiger partial charge in [0.15, 0.2) is 0 Å². The predicted octanol–water partition coefficient (Wildman–Crippen LogP) is 3.45. The third-order valence-corrected chi connectivity index (χ3v) is 5.16. The average Bonchev–Trinajstić information content (AvgIpc) is 2.93. The van der Waals surface area contributed by atoms with E-state index in [0.717, 1.165) is 12.6 Å². The Morgan fingerprint density at radius 2 is 2.00 bits per heavy atom. The number of piperazine rings is 1. The van der Waals surface area contributed by atoms with Crippen LogP contribution >= 0.6 is 0 Å². The molecule has 0 saturated carbocycles. The van der Waals surface area contributed by atoms with E-state index in [1.807, 2.05) is 12.1 Å². The van der Waals surface area contributed by atoms with Crippen molar-refractivity contribution < 1.29 is 4.39 Å². The van der Waals surface area contributed by atoms with Crippen LogP contribution in [0.4, 0.5) is 4.39 Å². The summed E-state index contributed by atoms with van der Waals surface area (Å²) in [5, 5.41) is 0. The smallest absolute Gasteiger partial charge is 0.123 e. The zero-order valence-electron chi connectivity index (χ0n) is 12.6. The Morgan fingerprint density at radius 3 is 2.70 bits per heavy atom. The first-order chi connectivity index (χ1) is 9.69. The second-order valence-corrected chi connectivity index (χ2v) is 6.28. The van der Waals surface area contributed by atoms with Gasteiger partial charge in [0.1, 0.15) is 5.82 Å². The van der Waals surface area contributed by atoms with Crippen LogP contribution < -0.4 is 0 Å². The molecule has 2 aliphatic heterocycles. The van der Waals surface area contributed by atoms with Gasteiger partial charge in [0.05, 0.1) is 0 Å². The summed E-state index contributed by atoms with van der Waals surface area (Å²) in [6.45, 7) is 8.19. The fourth-order valence-electron chi connectivity index (χ4n) is 3.88. The highest BCUT2D eigenvalue weighted by Crippen LogP contribution is 2.32. The Bertz CT molecular complexity index is 445. The number of benzene rings is 1. The van der Waals surface area contributed by atoms with Crippen molar-refractivity contribution in [2.75, 3.05) is 19.6 Å². The van der Waals surface area contributed by atoms with Gasteiger partial charge in [0.25, 0.3) is 0 Å². The number of nitrogens with zero attached hydrogens (tertiary/aromatic N) is 2. The molecule has 3 rings (SSSR count). The van der Waals surface area contributed by atoms with E-state index in [1.165, 1.54) is 37.9 Å². The summed E-state index contributed by atoms with van der Waals surface area (Å²) in [6.07, 6.45) is 3.87. The normalized spacial score (nSPS) is 29.4. The second kappa shape index (κ2) is 5.82. The first-order valence-electron chi connectivity index (χ1n) is 7.94. The summed E-state index contributed by atoms with van der Waals surface area (Å²) in [4.78, 5) is 5.31. The van der Waals surface area contributed by atoms with Crippen LogP contribution in [0, 0.1) is 5.82 Å². The molecule has 3 unspecified atom stereocenters. The number of hydrogen-bond acceptors (Lipinski definition) is 2. The minimum atomic E-state index is -0.145. The van der Waals surface area contributed by atoms with E-state index in [-0.39, 0.29) is 5.82 Å². The van der Waals surface area contributed by atoms with Gasteiger partial charge in [-0.1, -0.05) is 19.1 Å². The molecule has 20 heavy (non-hydrogen) atoms. The van der Waals surface area contributed by atoms with Gasteiger partial charge >= 0.3 is 0 Å². The molecule has 2 aliphatic rings. The van der Waals surface area contributed by atoms with Crippen molar-refractivity contribution in [2.45, 2.75) is 51.2 Å². The zero-order valence-corrected chi connectivity index (χ0v) is 12.6. The molecule has 3 atom stereocenters. The monoisotopic (exact) mass is 276 g/mol. The maximum absolute atomic E-state index is 13.1. The van der Waals surface area contributed by atoms with E-state index < -0.39 is 0 Å². The molecule has 0 amide bonds. The molecule has 0 N–H and O–H groups in total.